The fraction of sp³-hybridized carbons (Fsp3) is 0.100. The van der Waals surface area contributed by atoms with E-state index in [-0.39, 0.29) is 0 Å². The van der Waals surface area contributed by atoms with Crippen LogP contribution in [0.5, 0.6) is 0 Å². The molecule has 2 rings (SSSR count). The molecule has 13 heavy (non-hydrogen) atoms. The third-order valence-corrected chi connectivity index (χ3v) is 2.25. The molecule has 0 fully saturated rings. The molecular formula is C10H9ClN2. The Hall–Kier alpha value is -1.28. The summed E-state index contributed by atoms with van der Waals surface area (Å²) < 4.78 is 0. The molecule has 0 aliphatic carbocycles. The summed E-state index contributed by atoms with van der Waals surface area (Å²) in [4.78, 5) is 4.20. The largest absolute Gasteiger partial charge is 0.384 e. The van der Waals surface area contributed by atoms with E-state index in [1.807, 2.05) is 30.3 Å². The minimum Gasteiger partial charge on any atom is -0.384 e. The van der Waals surface area contributed by atoms with E-state index in [0.29, 0.717) is 11.7 Å². The van der Waals surface area contributed by atoms with Crippen molar-refractivity contribution in [3.63, 3.8) is 0 Å². The number of fused-ring (bicyclic) bond motifs is 1. The summed E-state index contributed by atoms with van der Waals surface area (Å²) in [5.74, 6) is 0.988. The molecule has 0 aliphatic rings. The van der Waals surface area contributed by atoms with Gasteiger partial charge in [0.15, 0.2) is 0 Å². The quantitative estimate of drug-likeness (QED) is 0.706. The molecule has 3 heteroatoms. The molecule has 0 saturated heterocycles. The summed E-state index contributed by atoms with van der Waals surface area (Å²) in [5.41, 5.74) is 7.56. The van der Waals surface area contributed by atoms with E-state index in [1.54, 1.807) is 0 Å². The first-order valence-electron chi connectivity index (χ1n) is 4.01. The average Bonchev–Trinajstić information content (AvgIpc) is 2.16. The molecule has 0 spiro atoms. The Balaban J connectivity index is 2.81. The van der Waals surface area contributed by atoms with Crippen molar-refractivity contribution in [2.45, 2.75) is 5.88 Å². The molecule has 0 aliphatic heterocycles. The van der Waals surface area contributed by atoms with Crippen LogP contribution in [0.25, 0.3) is 10.9 Å². The second kappa shape index (κ2) is 3.23. The molecule has 0 atom stereocenters. The zero-order valence-electron chi connectivity index (χ0n) is 7.00. The van der Waals surface area contributed by atoms with Gasteiger partial charge in [0.2, 0.25) is 0 Å². The van der Waals surface area contributed by atoms with Gasteiger partial charge < -0.3 is 5.73 Å². The molecule has 0 bridgehead atoms. The third kappa shape index (κ3) is 1.45. The monoisotopic (exact) mass is 192 g/mol. The first-order valence-corrected chi connectivity index (χ1v) is 4.55. The van der Waals surface area contributed by atoms with Crippen molar-refractivity contribution in [3.05, 3.63) is 35.9 Å². The second-order valence-corrected chi connectivity index (χ2v) is 3.12. The van der Waals surface area contributed by atoms with E-state index in [0.717, 1.165) is 16.5 Å². The number of alkyl halides is 1. The van der Waals surface area contributed by atoms with Gasteiger partial charge in [0.05, 0.1) is 5.52 Å². The number of anilines is 1. The van der Waals surface area contributed by atoms with Crippen LogP contribution < -0.4 is 5.73 Å². The van der Waals surface area contributed by atoms with E-state index in [4.69, 9.17) is 17.3 Å². The number of aromatic nitrogens is 1. The predicted molar refractivity (Wildman–Crippen MR) is 55.7 cm³/mol. The highest BCUT2D eigenvalue weighted by Crippen LogP contribution is 2.20. The summed E-state index contributed by atoms with van der Waals surface area (Å²) in [7, 11) is 0. The number of hydrogen-bond donors (Lipinski definition) is 1. The van der Waals surface area contributed by atoms with E-state index >= 15 is 0 Å². The first-order chi connectivity index (χ1) is 6.31. The van der Waals surface area contributed by atoms with Gasteiger partial charge in [0.1, 0.15) is 5.82 Å². The number of para-hydroxylation sites is 1. The Morgan fingerprint density at radius 2 is 2.08 bits per heavy atom. The summed E-state index contributed by atoms with van der Waals surface area (Å²) in [6.07, 6.45) is 0. The Bertz CT molecular complexity index is 440. The molecule has 0 saturated carbocycles. The molecule has 1 heterocycles. The fourth-order valence-electron chi connectivity index (χ4n) is 1.38. The van der Waals surface area contributed by atoms with Gasteiger partial charge in [0.25, 0.3) is 0 Å². The van der Waals surface area contributed by atoms with Gasteiger partial charge in [-0.3, -0.25) is 0 Å². The lowest BCUT2D eigenvalue weighted by atomic mass is 10.1. The summed E-state index contributed by atoms with van der Waals surface area (Å²) in [6, 6.07) is 9.65. The van der Waals surface area contributed by atoms with Gasteiger partial charge in [-0.05, 0) is 17.7 Å². The normalized spacial score (nSPS) is 10.5. The van der Waals surface area contributed by atoms with Crippen molar-refractivity contribution in [1.29, 1.82) is 0 Å². The Labute approximate surface area is 81.3 Å². The number of nitrogen functional groups attached to an aromatic ring is 1. The maximum atomic E-state index is 5.79. The lowest BCUT2D eigenvalue weighted by Gasteiger charge is -2.03. The lowest BCUT2D eigenvalue weighted by molar-refractivity contribution is 1.35. The third-order valence-electron chi connectivity index (χ3n) is 1.97. The van der Waals surface area contributed by atoms with Crippen molar-refractivity contribution in [2.75, 3.05) is 5.73 Å². The van der Waals surface area contributed by atoms with E-state index < -0.39 is 0 Å². The van der Waals surface area contributed by atoms with Gasteiger partial charge in [-0.1, -0.05) is 18.2 Å². The number of nitrogens with two attached hydrogens (primary N) is 1. The maximum Gasteiger partial charge on any atom is 0.124 e. The molecule has 2 nitrogen and oxygen atoms in total. The number of benzene rings is 1. The molecule has 0 amide bonds. The van der Waals surface area contributed by atoms with Crippen LogP contribution in [0.1, 0.15) is 5.56 Å². The van der Waals surface area contributed by atoms with Gasteiger partial charge >= 0.3 is 0 Å². The van der Waals surface area contributed by atoms with E-state index in [1.165, 1.54) is 0 Å². The Morgan fingerprint density at radius 1 is 1.31 bits per heavy atom. The second-order valence-electron chi connectivity index (χ2n) is 2.86. The van der Waals surface area contributed by atoms with Crippen LogP contribution in [0.2, 0.25) is 0 Å². The van der Waals surface area contributed by atoms with Crippen molar-refractivity contribution in [1.82, 2.24) is 4.98 Å². The maximum absolute atomic E-state index is 5.79. The van der Waals surface area contributed by atoms with Crippen LogP contribution in [0.4, 0.5) is 5.82 Å². The first kappa shape index (κ1) is 8.32. The highest BCUT2D eigenvalue weighted by molar-refractivity contribution is 6.18. The van der Waals surface area contributed by atoms with E-state index in [9.17, 15) is 0 Å². The van der Waals surface area contributed by atoms with Crippen molar-refractivity contribution < 1.29 is 0 Å². The van der Waals surface area contributed by atoms with Gasteiger partial charge in [-0.2, -0.15) is 0 Å². The minimum atomic E-state index is 0.466. The van der Waals surface area contributed by atoms with Crippen LogP contribution in [0, 0.1) is 0 Å². The van der Waals surface area contributed by atoms with Crippen molar-refractivity contribution in [2.24, 2.45) is 0 Å². The van der Waals surface area contributed by atoms with Crippen LogP contribution in [0.15, 0.2) is 30.3 Å². The van der Waals surface area contributed by atoms with Crippen LogP contribution in [-0.4, -0.2) is 4.98 Å². The fourth-order valence-corrected chi connectivity index (χ4v) is 1.60. The Kier molecular flexibility index (Phi) is 2.07. The van der Waals surface area contributed by atoms with Crippen molar-refractivity contribution >= 4 is 28.3 Å². The van der Waals surface area contributed by atoms with Crippen LogP contribution in [-0.2, 0) is 5.88 Å². The number of nitrogens with zero attached hydrogens (tertiary/aromatic N) is 1. The summed E-state index contributed by atoms with van der Waals surface area (Å²) in [5, 5.41) is 1.08. The van der Waals surface area contributed by atoms with Crippen molar-refractivity contribution in [3.8, 4) is 0 Å². The molecule has 1 aromatic carbocycles. The number of halogens is 1. The molecule has 2 N–H and O–H groups in total. The number of hydrogen-bond acceptors (Lipinski definition) is 2. The summed E-state index contributed by atoms with van der Waals surface area (Å²) >= 11 is 5.79. The van der Waals surface area contributed by atoms with Gasteiger partial charge in [-0.25, -0.2) is 4.98 Å². The minimum absolute atomic E-state index is 0.466. The zero-order chi connectivity index (χ0) is 9.26. The average molecular weight is 193 g/mol. The molecular weight excluding hydrogens is 184 g/mol. The Morgan fingerprint density at radius 3 is 2.85 bits per heavy atom. The van der Waals surface area contributed by atoms with Gasteiger partial charge in [-0.15, -0.1) is 11.6 Å². The summed E-state index contributed by atoms with van der Waals surface area (Å²) in [6.45, 7) is 0. The highest BCUT2D eigenvalue weighted by Gasteiger charge is 2.01. The molecule has 2 aromatic rings. The number of pyridine rings is 1. The molecule has 66 valence electrons. The lowest BCUT2D eigenvalue weighted by Crippen LogP contribution is -1.93. The van der Waals surface area contributed by atoms with E-state index in [2.05, 4.69) is 4.98 Å². The topological polar surface area (TPSA) is 38.9 Å². The molecule has 0 unspecified atom stereocenters. The molecule has 1 aromatic heterocycles. The molecule has 0 radical (unpaired) electrons. The van der Waals surface area contributed by atoms with Crippen LogP contribution in [0.3, 0.4) is 0 Å². The highest BCUT2D eigenvalue weighted by atomic mass is 35.5. The predicted octanol–water partition coefficient (Wildman–Crippen LogP) is 2.56. The smallest absolute Gasteiger partial charge is 0.124 e. The van der Waals surface area contributed by atoms with Gasteiger partial charge in [0, 0.05) is 11.3 Å². The standard InChI is InChI=1S/C10H9ClN2/c11-6-7-5-10(12)13-9-4-2-1-3-8(7)9/h1-5H,6H2,(H2,12,13). The van der Waals surface area contributed by atoms with Crippen LogP contribution >= 0.6 is 11.6 Å². The number of rotatable bonds is 1. The SMILES string of the molecule is Nc1cc(CCl)c2ccccc2n1. The zero-order valence-corrected chi connectivity index (χ0v) is 7.75.